The summed E-state index contributed by atoms with van der Waals surface area (Å²) in [6.07, 6.45) is 3.57. The van der Waals surface area contributed by atoms with Crippen LogP contribution in [0.3, 0.4) is 0 Å². The molecule has 2 aromatic heterocycles. The van der Waals surface area contributed by atoms with Gasteiger partial charge in [0.2, 0.25) is 0 Å². The van der Waals surface area contributed by atoms with Gasteiger partial charge in [0.05, 0.1) is 22.7 Å². The summed E-state index contributed by atoms with van der Waals surface area (Å²) in [5.41, 5.74) is 3.66. The number of carbonyl (C=O) groups excluding carboxylic acids is 1. The van der Waals surface area contributed by atoms with Gasteiger partial charge in [-0.3, -0.25) is 14.8 Å². The molecule has 0 amide bonds. The third-order valence-corrected chi connectivity index (χ3v) is 3.33. The van der Waals surface area contributed by atoms with E-state index in [4.69, 9.17) is 0 Å². The Bertz CT molecular complexity index is 694. The van der Waals surface area contributed by atoms with Crippen molar-refractivity contribution in [1.82, 2.24) is 15.0 Å². The van der Waals surface area contributed by atoms with Crippen LogP contribution in [0.4, 0.5) is 0 Å². The van der Waals surface area contributed by atoms with Gasteiger partial charge in [0.15, 0.2) is 5.78 Å². The molecular formula is C13H9N3OS. The summed E-state index contributed by atoms with van der Waals surface area (Å²) in [7, 11) is 0. The molecule has 0 aliphatic rings. The Kier molecular flexibility index (Phi) is 2.82. The Morgan fingerprint density at radius 2 is 2.00 bits per heavy atom. The van der Waals surface area contributed by atoms with Gasteiger partial charge in [-0.05, 0) is 12.1 Å². The number of ketones is 1. The number of fused-ring (bicyclic) bond motifs is 1. The lowest BCUT2D eigenvalue weighted by molar-refractivity contribution is 0.0989. The van der Waals surface area contributed by atoms with Gasteiger partial charge < -0.3 is 0 Å². The van der Waals surface area contributed by atoms with Crippen molar-refractivity contribution in [2.45, 2.75) is 6.42 Å². The smallest absolute Gasteiger partial charge is 0.188 e. The molecule has 18 heavy (non-hydrogen) atoms. The van der Waals surface area contributed by atoms with Crippen LogP contribution in [0.1, 0.15) is 15.4 Å². The summed E-state index contributed by atoms with van der Waals surface area (Å²) < 4.78 is 0. The Morgan fingerprint density at radius 1 is 1.17 bits per heavy atom. The highest BCUT2D eigenvalue weighted by molar-refractivity contribution is 7.09. The fourth-order valence-electron chi connectivity index (χ4n) is 1.67. The van der Waals surface area contributed by atoms with Gasteiger partial charge >= 0.3 is 0 Å². The Hall–Kier alpha value is -2.14. The van der Waals surface area contributed by atoms with Crippen LogP contribution in [0.5, 0.6) is 0 Å². The fourth-order valence-corrected chi connectivity index (χ4v) is 2.26. The molecule has 0 fully saturated rings. The number of aromatic nitrogens is 3. The van der Waals surface area contributed by atoms with Gasteiger partial charge in [-0.15, -0.1) is 11.3 Å². The van der Waals surface area contributed by atoms with Crippen LogP contribution in [-0.4, -0.2) is 20.7 Å². The first kappa shape index (κ1) is 11.0. The Balaban J connectivity index is 1.92. The predicted molar refractivity (Wildman–Crippen MR) is 69.7 cm³/mol. The van der Waals surface area contributed by atoms with E-state index >= 15 is 0 Å². The summed E-state index contributed by atoms with van der Waals surface area (Å²) in [6.45, 7) is 0. The number of nitrogens with zero attached hydrogens (tertiary/aromatic N) is 3. The van der Waals surface area contributed by atoms with Crippen LogP contribution in [0.2, 0.25) is 0 Å². The van der Waals surface area contributed by atoms with Gasteiger partial charge in [-0.25, -0.2) is 4.98 Å². The molecule has 0 saturated heterocycles. The second-order valence-electron chi connectivity index (χ2n) is 3.81. The minimum absolute atomic E-state index is 0.0301. The SMILES string of the molecule is O=C(Cc1cncs1)c1cnc2ccccc2n1. The molecule has 0 saturated carbocycles. The molecule has 0 bridgehead atoms. The highest BCUT2D eigenvalue weighted by Crippen LogP contribution is 2.12. The van der Waals surface area contributed by atoms with E-state index in [9.17, 15) is 4.79 Å². The van der Waals surface area contributed by atoms with Crippen molar-refractivity contribution in [3.8, 4) is 0 Å². The van der Waals surface area contributed by atoms with E-state index in [1.54, 1.807) is 11.7 Å². The van der Waals surface area contributed by atoms with Gasteiger partial charge in [0, 0.05) is 17.5 Å². The maximum atomic E-state index is 12.0. The van der Waals surface area contributed by atoms with E-state index in [0.717, 1.165) is 15.9 Å². The second-order valence-corrected chi connectivity index (χ2v) is 4.78. The first-order valence-corrected chi connectivity index (χ1v) is 6.33. The monoisotopic (exact) mass is 255 g/mol. The first-order valence-electron chi connectivity index (χ1n) is 5.45. The molecule has 1 aromatic carbocycles. The molecule has 0 radical (unpaired) electrons. The quantitative estimate of drug-likeness (QED) is 0.675. The molecule has 3 aromatic rings. The van der Waals surface area contributed by atoms with Gasteiger partial charge in [-0.2, -0.15) is 0 Å². The molecule has 0 unspecified atom stereocenters. The van der Waals surface area contributed by atoms with Crippen molar-refractivity contribution in [3.05, 3.63) is 52.7 Å². The Labute approximate surface area is 107 Å². The van der Waals surface area contributed by atoms with E-state index in [2.05, 4.69) is 15.0 Å². The number of hydrogen-bond donors (Lipinski definition) is 0. The van der Waals surface area contributed by atoms with Crippen LogP contribution in [0, 0.1) is 0 Å². The minimum atomic E-state index is -0.0301. The predicted octanol–water partition coefficient (Wildman–Crippen LogP) is 2.51. The lowest BCUT2D eigenvalue weighted by Crippen LogP contribution is -2.06. The standard InChI is InChI=1S/C13H9N3OS/c17-13(5-9-6-14-8-18-9)12-7-15-10-3-1-2-4-11(10)16-12/h1-4,6-8H,5H2. The van der Waals surface area contributed by atoms with Crippen molar-refractivity contribution in [2.24, 2.45) is 0 Å². The summed E-state index contributed by atoms with van der Waals surface area (Å²) in [5, 5.41) is 0. The van der Waals surface area contributed by atoms with Gasteiger partial charge in [0.25, 0.3) is 0 Å². The van der Waals surface area contributed by atoms with Crippen molar-refractivity contribution in [2.75, 3.05) is 0 Å². The summed E-state index contributed by atoms with van der Waals surface area (Å²) in [5.74, 6) is -0.0301. The van der Waals surface area contributed by atoms with Crippen molar-refractivity contribution < 1.29 is 4.79 Å². The van der Waals surface area contributed by atoms with Crippen molar-refractivity contribution in [3.63, 3.8) is 0 Å². The number of Topliss-reactive ketones (excluding diaryl/α,β-unsaturated/α-hetero) is 1. The van der Waals surface area contributed by atoms with Crippen LogP contribution in [-0.2, 0) is 6.42 Å². The largest absolute Gasteiger partial charge is 0.292 e. The van der Waals surface area contributed by atoms with Crippen molar-refractivity contribution in [1.29, 1.82) is 0 Å². The average Bonchev–Trinajstić information content (AvgIpc) is 2.91. The molecule has 5 heteroatoms. The molecule has 0 aliphatic carbocycles. The molecule has 0 spiro atoms. The molecule has 0 N–H and O–H groups in total. The molecule has 0 atom stereocenters. The van der Waals surface area contributed by atoms with E-state index < -0.39 is 0 Å². The van der Waals surface area contributed by atoms with E-state index in [-0.39, 0.29) is 5.78 Å². The minimum Gasteiger partial charge on any atom is -0.292 e. The molecule has 3 rings (SSSR count). The van der Waals surface area contributed by atoms with Gasteiger partial charge in [-0.1, -0.05) is 12.1 Å². The second kappa shape index (κ2) is 4.62. The third kappa shape index (κ3) is 2.12. The summed E-state index contributed by atoms with van der Waals surface area (Å²) in [6, 6.07) is 7.51. The van der Waals surface area contributed by atoms with E-state index in [0.29, 0.717) is 12.1 Å². The van der Waals surface area contributed by atoms with Crippen LogP contribution >= 0.6 is 11.3 Å². The lowest BCUT2D eigenvalue weighted by Gasteiger charge is -2.00. The number of benzene rings is 1. The molecule has 0 aliphatic heterocycles. The fraction of sp³-hybridized carbons (Fsp3) is 0.0769. The number of thiazole rings is 1. The zero-order chi connectivity index (χ0) is 12.4. The number of para-hydroxylation sites is 2. The average molecular weight is 255 g/mol. The highest BCUT2D eigenvalue weighted by atomic mass is 32.1. The first-order chi connectivity index (χ1) is 8.83. The van der Waals surface area contributed by atoms with Crippen molar-refractivity contribution >= 4 is 28.2 Å². The van der Waals surface area contributed by atoms with Crippen LogP contribution in [0.15, 0.2) is 42.2 Å². The summed E-state index contributed by atoms with van der Waals surface area (Å²) >= 11 is 1.47. The zero-order valence-electron chi connectivity index (χ0n) is 9.41. The number of carbonyl (C=O) groups is 1. The molecule has 4 nitrogen and oxygen atoms in total. The third-order valence-electron chi connectivity index (χ3n) is 2.55. The van der Waals surface area contributed by atoms with E-state index in [1.807, 2.05) is 24.3 Å². The topological polar surface area (TPSA) is 55.7 Å². The summed E-state index contributed by atoms with van der Waals surface area (Å²) in [4.78, 5) is 25.5. The Morgan fingerprint density at radius 3 is 2.78 bits per heavy atom. The number of hydrogen-bond acceptors (Lipinski definition) is 5. The van der Waals surface area contributed by atoms with Crippen LogP contribution in [0.25, 0.3) is 11.0 Å². The molecule has 88 valence electrons. The maximum Gasteiger partial charge on any atom is 0.188 e. The lowest BCUT2D eigenvalue weighted by atomic mass is 10.2. The molecule has 2 heterocycles. The zero-order valence-corrected chi connectivity index (χ0v) is 10.2. The number of rotatable bonds is 3. The highest BCUT2D eigenvalue weighted by Gasteiger charge is 2.10. The van der Waals surface area contributed by atoms with Crippen LogP contribution < -0.4 is 0 Å². The maximum absolute atomic E-state index is 12.0. The van der Waals surface area contributed by atoms with E-state index in [1.165, 1.54) is 17.5 Å². The normalized spacial score (nSPS) is 10.7. The van der Waals surface area contributed by atoms with Gasteiger partial charge in [0.1, 0.15) is 5.69 Å². The molecular weight excluding hydrogens is 246 g/mol.